The number of aryl methyl sites for hydroxylation is 1. The van der Waals surface area contributed by atoms with Gasteiger partial charge < -0.3 is 9.15 Å². The highest BCUT2D eigenvalue weighted by atomic mass is 16.5. The highest BCUT2D eigenvalue weighted by molar-refractivity contribution is 5.88. The highest BCUT2D eigenvalue weighted by Crippen LogP contribution is 2.66. The number of Topliss-reactive ketones (excluding diaryl/α,β-unsaturated/α-hetero) is 1. The molecule has 3 aliphatic rings. The Labute approximate surface area is 155 Å². The van der Waals surface area contributed by atoms with Crippen LogP contribution >= 0.6 is 0 Å². The molecule has 2 fully saturated rings. The van der Waals surface area contributed by atoms with Gasteiger partial charge in [0.25, 0.3) is 0 Å². The molecule has 1 heterocycles. The third-order valence-corrected chi connectivity index (χ3v) is 8.08. The van der Waals surface area contributed by atoms with Crippen LogP contribution in [0.3, 0.4) is 0 Å². The second kappa shape index (κ2) is 5.46. The summed E-state index contributed by atoms with van der Waals surface area (Å²) in [4.78, 5) is 24.7. The number of carbonyl (C=O) groups excluding carboxylic acids is 2. The van der Waals surface area contributed by atoms with Crippen molar-refractivity contribution in [1.82, 2.24) is 0 Å². The van der Waals surface area contributed by atoms with E-state index in [4.69, 9.17) is 9.15 Å². The van der Waals surface area contributed by atoms with Crippen molar-refractivity contribution >= 4 is 11.8 Å². The van der Waals surface area contributed by atoms with Crippen LogP contribution in [-0.4, -0.2) is 17.9 Å². The fourth-order valence-electron chi connectivity index (χ4n) is 7.13. The van der Waals surface area contributed by atoms with E-state index in [9.17, 15) is 9.59 Å². The monoisotopic (exact) mass is 358 g/mol. The van der Waals surface area contributed by atoms with Gasteiger partial charge >= 0.3 is 5.97 Å². The van der Waals surface area contributed by atoms with Gasteiger partial charge in [0.1, 0.15) is 0 Å². The molecule has 142 valence electrons. The quantitative estimate of drug-likeness (QED) is 0.696. The normalized spacial score (nSPS) is 41.0. The molecule has 5 atom stereocenters. The van der Waals surface area contributed by atoms with E-state index in [0.717, 1.165) is 25.7 Å². The number of furan rings is 1. The molecule has 5 unspecified atom stereocenters. The summed E-state index contributed by atoms with van der Waals surface area (Å²) in [6.07, 6.45) is 7.98. The molecule has 1 aromatic heterocycles. The Morgan fingerprint density at radius 3 is 2.58 bits per heavy atom. The Hall–Kier alpha value is -1.58. The van der Waals surface area contributed by atoms with Gasteiger partial charge in [-0.3, -0.25) is 9.59 Å². The Morgan fingerprint density at radius 1 is 1.15 bits per heavy atom. The number of fused-ring (bicyclic) bond motifs is 5. The summed E-state index contributed by atoms with van der Waals surface area (Å²) in [5.41, 5.74) is 2.34. The van der Waals surface area contributed by atoms with Crippen LogP contribution in [0.15, 0.2) is 16.9 Å². The first kappa shape index (κ1) is 17.8. The number of hydrogen-bond acceptors (Lipinski definition) is 4. The van der Waals surface area contributed by atoms with Gasteiger partial charge in [-0.25, -0.2) is 0 Å². The minimum absolute atomic E-state index is 0.0659. The van der Waals surface area contributed by atoms with Crippen LogP contribution in [0.2, 0.25) is 0 Å². The molecule has 3 aliphatic carbocycles. The van der Waals surface area contributed by atoms with Gasteiger partial charge in [-0.05, 0) is 59.5 Å². The third-order valence-electron chi connectivity index (χ3n) is 8.08. The van der Waals surface area contributed by atoms with E-state index in [1.807, 2.05) is 12.5 Å². The SMILES string of the molecule is CC(=O)OC1C(=O)CC2(C)C3CCc4cocc4C3(C)CCC2C1(C)C. The topological polar surface area (TPSA) is 56.5 Å². The number of esters is 1. The lowest BCUT2D eigenvalue weighted by molar-refractivity contribution is -0.190. The molecule has 0 spiro atoms. The maximum atomic E-state index is 13.1. The molecular formula is C22H30O4. The first-order valence-corrected chi connectivity index (χ1v) is 9.86. The first-order chi connectivity index (χ1) is 12.1. The van der Waals surface area contributed by atoms with Crippen LogP contribution in [0.1, 0.15) is 71.4 Å². The van der Waals surface area contributed by atoms with E-state index in [1.165, 1.54) is 18.1 Å². The van der Waals surface area contributed by atoms with Gasteiger partial charge in [0.2, 0.25) is 0 Å². The molecule has 2 saturated carbocycles. The van der Waals surface area contributed by atoms with Crippen LogP contribution in [0.25, 0.3) is 0 Å². The maximum Gasteiger partial charge on any atom is 0.303 e. The average Bonchev–Trinajstić information content (AvgIpc) is 3.00. The minimum Gasteiger partial charge on any atom is -0.472 e. The average molecular weight is 358 g/mol. The fraction of sp³-hybridized carbons (Fsp3) is 0.727. The minimum atomic E-state index is -0.615. The van der Waals surface area contributed by atoms with Crippen molar-refractivity contribution in [2.24, 2.45) is 22.7 Å². The van der Waals surface area contributed by atoms with Crippen molar-refractivity contribution in [3.8, 4) is 0 Å². The van der Waals surface area contributed by atoms with Crippen molar-refractivity contribution in [2.45, 2.75) is 78.2 Å². The standard InChI is InChI=1S/C22H30O4/c1-13(23)26-19-16(24)10-22(5)17(20(19,2)3)8-9-21(4)15-12-25-11-14(15)6-7-18(21)22/h11-12,17-19H,6-10H2,1-5H3. The summed E-state index contributed by atoms with van der Waals surface area (Å²) in [5, 5.41) is 0. The molecule has 0 N–H and O–H groups in total. The molecule has 4 rings (SSSR count). The second-order valence-corrected chi connectivity index (χ2v) is 9.87. The molecule has 0 aromatic carbocycles. The van der Waals surface area contributed by atoms with Crippen LogP contribution in [0.4, 0.5) is 0 Å². The zero-order valence-electron chi connectivity index (χ0n) is 16.6. The van der Waals surface area contributed by atoms with Crippen LogP contribution in [0.5, 0.6) is 0 Å². The van der Waals surface area contributed by atoms with Gasteiger partial charge in [-0.15, -0.1) is 0 Å². The molecule has 0 amide bonds. The Morgan fingerprint density at radius 2 is 1.88 bits per heavy atom. The molecule has 4 nitrogen and oxygen atoms in total. The van der Waals surface area contributed by atoms with Crippen molar-refractivity contribution in [2.75, 3.05) is 0 Å². The fourth-order valence-corrected chi connectivity index (χ4v) is 7.13. The predicted octanol–water partition coefficient (Wildman–Crippen LogP) is 4.45. The number of hydrogen-bond donors (Lipinski definition) is 0. The van der Waals surface area contributed by atoms with E-state index in [1.54, 1.807) is 0 Å². The van der Waals surface area contributed by atoms with E-state index in [2.05, 4.69) is 27.7 Å². The predicted molar refractivity (Wildman–Crippen MR) is 97.7 cm³/mol. The Kier molecular flexibility index (Phi) is 3.74. The summed E-state index contributed by atoms with van der Waals surface area (Å²) < 4.78 is 11.1. The molecule has 4 heteroatoms. The van der Waals surface area contributed by atoms with E-state index >= 15 is 0 Å². The maximum absolute atomic E-state index is 13.1. The molecule has 1 aromatic rings. The molecule has 0 aliphatic heterocycles. The third kappa shape index (κ3) is 2.20. The molecule has 0 saturated heterocycles. The number of carbonyl (C=O) groups is 2. The highest BCUT2D eigenvalue weighted by Gasteiger charge is 2.64. The lowest BCUT2D eigenvalue weighted by atomic mass is 9.40. The van der Waals surface area contributed by atoms with Gasteiger partial charge in [-0.1, -0.05) is 27.7 Å². The van der Waals surface area contributed by atoms with E-state index < -0.39 is 6.10 Å². The van der Waals surface area contributed by atoms with Crippen molar-refractivity contribution in [1.29, 1.82) is 0 Å². The second-order valence-electron chi connectivity index (χ2n) is 9.87. The summed E-state index contributed by atoms with van der Waals surface area (Å²) in [7, 11) is 0. The zero-order chi connectivity index (χ0) is 18.9. The zero-order valence-corrected chi connectivity index (χ0v) is 16.6. The smallest absolute Gasteiger partial charge is 0.303 e. The molecule has 26 heavy (non-hydrogen) atoms. The van der Waals surface area contributed by atoms with Gasteiger partial charge in [0, 0.05) is 18.8 Å². The summed E-state index contributed by atoms with van der Waals surface area (Å²) in [6.45, 7) is 10.3. The van der Waals surface area contributed by atoms with E-state index in [-0.39, 0.29) is 28.0 Å². The summed E-state index contributed by atoms with van der Waals surface area (Å²) in [6, 6.07) is 0. The van der Waals surface area contributed by atoms with Crippen molar-refractivity contribution in [3.05, 3.63) is 23.7 Å². The molecule has 0 radical (unpaired) electrons. The number of rotatable bonds is 1. The lowest BCUT2D eigenvalue weighted by Crippen LogP contribution is -2.63. The van der Waals surface area contributed by atoms with Gasteiger partial charge in [0.15, 0.2) is 11.9 Å². The molecule has 0 bridgehead atoms. The van der Waals surface area contributed by atoms with Crippen molar-refractivity contribution in [3.63, 3.8) is 0 Å². The Bertz CT molecular complexity index is 760. The van der Waals surface area contributed by atoms with E-state index in [0.29, 0.717) is 18.3 Å². The van der Waals surface area contributed by atoms with Crippen LogP contribution in [-0.2, 0) is 26.2 Å². The van der Waals surface area contributed by atoms with Crippen LogP contribution in [0, 0.1) is 22.7 Å². The van der Waals surface area contributed by atoms with Crippen molar-refractivity contribution < 1.29 is 18.7 Å². The Balaban J connectivity index is 1.76. The number of ketones is 1. The first-order valence-electron chi connectivity index (χ1n) is 9.86. The number of ether oxygens (including phenoxy) is 1. The van der Waals surface area contributed by atoms with Gasteiger partial charge in [-0.2, -0.15) is 0 Å². The lowest BCUT2D eigenvalue weighted by Gasteiger charge is -2.64. The summed E-state index contributed by atoms with van der Waals surface area (Å²) >= 11 is 0. The van der Waals surface area contributed by atoms with Gasteiger partial charge in [0.05, 0.1) is 12.5 Å². The largest absolute Gasteiger partial charge is 0.472 e. The van der Waals surface area contributed by atoms with Crippen LogP contribution < -0.4 is 0 Å². The summed E-state index contributed by atoms with van der Waals surface area (Å²) in [5.74, 6) is 0.538. The molecular weight excluding hydrogens is 328 g/mol.